The summed E-state index contributed by atoms with van der Waals surface area (Å²) >= 11 is 0. The number of aliphatic hydroxyl groups excluding tert-OH is 1. The third-order valence-electron chi connectivity index (χ3n) is 7.77. The van der Waals surface area contributed by atoms with Gasteiger partial charge in [-0.3, -0.25) is 19.2 Å². The highest BCUT2D eigenvalue weighted by molar-refractivity contribution is 5.91. The van der Waals surface area contributed by atoms with Crippen molar-refractivity contribution in [2.45, 2.75) is 180 Å². The summed E-state index contributed by atoms with van der Waals surface area (Å²) in [4.78, 5) is 48.4. The van der Waals surface area contributed by atoms with E-state index >= 15 is 0 Å². The number of ether oxygens (including phenoxy) is 4. The fourth-order valence-corrected chi connectivity index (χ4v) is 5.05. The third-order valence-corrected chi connectivity index (χ3v) is 7.77. The molecule has 0 saturated heterocycles. The summed E-state index contributed by atoms with van der Waals surface area (Å²) < 4.78 is 20.6. The molecule has 0 rings (SSSR count). The topological polar surface area (TPSA) is 125 Å². The van der Waals surface area contributed by atoms with E-state index in [2.05, 4.69) is 18.6 Å². The van der Waals surface area contributed by atoms with Gasteiger partial charge >= 0.3 is 23.9 Å². The van der Waals surface area contributed by atoms with E-state index in [-0.39, 0.29) is 45.2 Å². The minimum atomic E-state index is -0.955. The Morgan fingerprint density at radius 3 is 1.24 bits per heavy atom. The van der Waals surface area contributed by atoms with Crippen LogP contribution in [0.1, 0.15) is 174 Å². The van der Waals surface area contributed by atoms with Crippen LogP contribution in [0.4, 0.5) is 0 Å². The van der Waals surface area contributed by atoms with Crippen molar-refractivity contribution >= 4 is 23.9 Å². The Balaban J connectivity index is 4.33. The van der Waals surface area contributed by atoms with Gasteiger partial charge in [-0.15, -0.1) is 0 Å². The lowest BCUT2D eigenvalue weighted by Gasteiger charge is -2.18. The Bertz CT molecular complexity index is 725. The number of aliphatic hydroxyl groups is 1. The smallest absolute Gasteiger partial charge is 0.317 e. The van der Waals surface area contributed by atoms with Crippen LogP contribution in [0.3, 0.4) is 0 Å². The molecule has 0 fully saturated rings. The summed E-state index contributed by atoms with van der Waals surface area (Å²) in [6.07, 6.45) is 24.9. The molecule has 0 aromatic heterocycles. The van der Waals surface area contributed by atoms with Gasteiger partial charge in [0.25, 0.3) is 0 Å². The van der Waals surface area contributed by atoms with Gasteiger partial charge in [-0.05, 0) is 12.8 Å². The summed E-state index contributed by atoms with van der Waals surface area (Å²) in [5.74, 6) is -2.49. The molecule has 1 unspecified atom stereocenters. The second-order valence-corrected chi connectivity index (χ2v) is 12.2. The van der Waals surface area contributed by atoms with Crippen LogP contribution in [0.25, 0.3) is 0 Å². The van der Waals surface area contributed by atoms with Crippen LogP contribution in [0, 0.1) is 0 Å². The number of esters is 4. The fourth-order valence-electron chi connectivity index (χ4n) is 5.05. The van der Waals surface area contributed by atoms with E-state index in [9.17, 15) is 19.2 Å². The summed E-state index contributed by atoms with van der Waals surface area (Å²) in [5.41, 5.74) is 0. The number of unbranched alkanes of at least 4 members (excludes halogenated alkanes) is 20. The van der Waals surface area contributed by atoms with Crippen molar-refractivity contribution in [1.29, 1.82) is 0 Å². The minimum absolute atomic E-state index is 0.208. The number of hydrogen-bond acceptors (Lipinski definition) is 9. The number of carbonyl (C=O) groups is 4. The van der Waals surface area contributed by atoms with E-state index in [1.165, 1.54) is 96.3 Å². The quantitative estimate of drug-likeness (QED) is 0.0325. The highest BCUT2D eigenvalue weighted by Crippen LogP contribution is 2.14. The molecule has 0 aliphatic heterocycles. The van der Waals surface area contributed by atoms with Crippen molar-refractivity contribution in [2.75, 3.05) is 26.4 Å². The molecule has 0 amide bonds. The maximum atomic E-state index is 12.5. The average molecular weight is 643 g/mol. The SMILES string of the molecule is CCCCCCCCCCCCCC(=O)OCC(COC(=O)CC(=O)OCCO)OC(=O)CCCCCCCCCCCCC. The van der Waals surface area contributed by atoms with Crippen LogP contribution in [-0.2, 0) is 38.1 Å². The molecule has 0 spiro atoms. The zero-order chi connectivity index (χ0) is 33.2. The van der Waals surface area contributed by atoms with Gasteiger partial charge in [0, 0.05) is 12.8 Å². The Morgan fingerprint density at radius 2 is 0.822 bits per heavy atom. The molecule has 9 heteroatoms. The Labute approximate surface area is 273 Å². The molecule has 0 heterocycles. The molecule has 0 saturated carbocycles. The molecule has 264 valence electrons. The van der Waals surface area contributed by atoms with Crippen molar-refractivity contribution in [2.24, 2.45) is 0 Å². The van der Waals surface area contributed by atoms with E-state index in [4.69, 9.17) is 19.3 Å². The van der Waals surface area contributed by atoms with Gasteiger partial charge in [-0.25, -0.2) is 0 Å². The molecular formula is C36H66O9. The summed E-state index contributed by atoms with van der Waals surface area (Å²) in [7, 11) is 0. The first-order chi connectivity index (χ1) is 21.9. The van der Waals surface area contributed by atoms with Crippen molar-refractivity contribution in [1.82, 2.24) is 0 Å². The van der Waals surface area contributed by atoms with Crippen LogP contribution >= 0.6 is 0 Å². The van der Waals surface area contributed by atoms with Gasteiger partial charge in [0.05, 0.1) is 6.61 Å². The standard InChI is InChI=1S/C36H66O9/c1-3-5-7-9-11-13-15-17-19-21-23-25-33(38)43-30-32(31-44-36(41)29-35(40)42-28-27-37)45-34(39)26-24-22-20-18-16-14-12-10-8-6-4-2/h32,37H,3-31H2,1-2H3. The maximum absolute atomic E-state index is 12.5. The van der Waals surface area contributed by atoms with Crippen molar-refractivity contribution in [3.05, 3.63) is 0 Å². The minimum Gasteiger partial charge on any atom is -0.463 e. The van der Waals surface area contributed by atoms with E-state index in [0.717, 1.165) is 38.5 Å². The molecule has 0 aliphatic rings. The Morgan fingerprint density at radius 1 is 0.467 bits per heavy atom. The van der Waals surface area contributed by atoms with E-state index in [1.54, 1.807) is 0 Å². The molecule has 1 atom stereocenters. The molecule has 0 aromatic carbocycles. The van der Waals surface area contributed by atoms with Crippen LogP contribution in [0.2, 0.25) is 0 Å². The number of hydrogen-bond donors (Lipinski definition) is 1. The van der Waals surface area contributed by atoms with Crippen molar-refractivity contribution in [3.63, 3.8) is 0 Å². The maximum Gasteiger partial charge on any atom is 0.317 e. The summed E-state index contributed by atoms with van der Waals surface area (Å²) in [5, 5.41) is 8.73. The first kappa shape index (κ1) is 42.8. The fraction of sp³-hybridized carbons (Fsp3) is 0.889. The Kier molecular flexibility index (Phi) is 31.6. The van der Waals surface area contributed by atoms with Gasteiger partial charge in [0.1, 0.15) is 26.2 Å². The molecule has 0 radical (unpaired) electrons. The highest BCUT2D eigenvalue weighted by atomic mass is 16.6. The normalized spacial score (nSPS) is 11.6. The van der Waals surface area contributed by atoms with Crippen molar-refractivity contribution in [3.8, 4) is 0 Å². The van der Waals surface area contributed by atoms with Crippen LogP contribution < -0.4 is 0 Å². The lowest BCUT2D eigenvalue weighted by atomic mass is 10.1. The van der Waals surface area contributed by atoms with Gasteiger partial charge in [0.2, 0.25) is 0 Å². The molecule has 1 N–H and O–H groups in total. The van der Waals surface area contributed by atoms with Gasteiger partial charge < -0.3 is 24.1 Å². The first-order valence-corrected chi connectivity index (χ1v) is 18.2. The highest BCUT2D eigenvalue weighted by Gasteiger charge is 2.21. The second-order valence-electron chi connectivity index (χ2n) is 12.2. The van der Waals surface area contributed by atoms with Gasteiger partial charge in [-0.1, -0.05) is 142 Å². The van der Waals surface area contributed by atoms with E-state index < -0.39 is 30.4 Å². The zero-order valence-corrected chi connectivity index (χ0v) is 28.8. The van der Waals surface area contributed by atoms with Gasteiger partial charge in [-0.2, -0.15) is 0 Å². The first-order valence-electron chi connectivity index (χ1n) is 18.2. The Hall–Kier alpha value is -2.16. The largest absolute Gasteiger partial charge is 0.463 e. The number of carbonyl (C=O) groups excluding carboxylic acids is 4. The van der Waals surface area contributed by atoms with Crippen LogP contribution in [0.15, 0.2) is 0 Å². The van der Waals surface area contributed by atoms with E-state index in [0.29, 0.717) is 6.42 Å². The predicted octanol–water partition coefficient (Wildman–Crippen LogP) is 8.31. The summed E-state index contributed by atoms with van der Waals surface area (Å²) in [6, 6.07) is 0. The van der Waals surface area contributed by atoms with Crippen LogP contribution in [-0.4, -0.2) is 61.5 Å². The summed E-state index contributed by atoms with van der Waals surface area (Å²) in [6.45, 7) is 3.35. The van der Waals surface area contributed by atoms with E-state index in [1.807, 2.05) is 0 Å². The lowest BCUT2D eigenvalue weighted by molar-refractivity contribution is -0.168. The second kappa shape index (κ2) is 33.2. The predicted molar refractivity (Wildman–Crippen MR) is 177 cm³/mol. The molecule has 9 nitrogen and oxygen atoms in total. The van der Waals surface area contributed by atoms with Crippen molar-refractivity contribution < 1.29 is 43.2 Å². The third kappa shape index (κ3) is 31.6. The van der Waals surface area contributed by atoms with Crippen LogP contribution in [0.5, 0.6) is 0 Å². The molecule has 45 heavy (non-hydrogen) atoms. The zero-order valence-electron chi connectivity index (χ0n) is 28.8. The molecule has 0 aliphatic carbocycles. The lowest BCUT2D eigenvalue weighted by Crippen LogP contribution is -2.31. The number of rotatable bonds is 33. The molecule has 0 aromatic rings. The monoisotopic (exact) mass is 642 g/mol. The molecular weight excluding hydrogens is 576 g/mol. The van der Waals surface area contributed by atoms with Gasteiger partial charge in [0.15, 0.2) is 6.10 Å². The molecule has 0 bridgehead atoms. The average Bonchev–Trinajstić information content (AvgIpc) is 3.02.